The second kappa shape index (κ2) is 11.2. The van der Waals surface area contributed by atoms with E-state index in [0.29, 0.717) is 23.3 Å². The molecule has 0 radical (unpaired) electrons. The van der Waals surface area contributed by atoms with Crippen LogP contribution in [0.25, 0.3) is 0 Å². The molecule has 8 heteroatoms. The Kier molecular flexibility index (Phi) is 8.42. The standard InChI is InChI=1S/C22H30N4O3S/c1-16(2)12-13-19(27)20-26(21(28)24-17-9-5-3-4-6-10-17)25-22(29-20)30-15-18-11-7-8-14-23-18/h7-8,11,14,16-17H,3-6,9-10,12-13,15H2,1-2H3/p+1. The van der Waals surface area contributed by atoms with Gasteiger partial charge in [0.05, 0.1) is 11.7 Å². The lowest BCUT2D eigenvalue weighted by Crippen LogP contribution is -2.57. The Labute approximate surface area is 182 Å². The Morgan fingerprint density at radius 2 is 2.00 bits per heavy atom. The van der Waals surface area contributed by atoms with Crippen LogP contribution >= 0.6 is 11.8 Å². The number of nitrogens with one attached hydrogen (secondary N) is 1. The number of hydrogen-bond donors (Lipinski definition) is 1. The summed E-state index contributed by atoms with van der Waals surface area (Å²) in [5.41, 5.74) is 0.878. The molecule has 1 aliphatic carbocycles. The predicted octanol–water partition coefficient (Wildman–Crippen LogP) is 4.55. The lowest BCUT2D eigenvalue weighted by molar-refractivity contribution is -0.640. The highest BCUT2D eigenvalue weighted by Crippen LogP contribution is 2.21. The molecule has 2 aromatic rings. The second-order valence-electron chi connectivity index (χ2n) is 8.19. The number of pyridine rings is 1. The third-order valence-corrected chi connectivity index (χ3v) is 6.04. The normalized spacial score (nSPS) is 15.2. The highest BCUT2D eigenvalue weighted by molar-refractivity contribution is 7.98. The molecule has 0 aromatic carbocycles. The van der Waals surface area contributed by atoms with E-state index < -0.39 is 0 Å². The van der Waals surface area contributed by atoms with Crippen LogP contribution in [0.3, 0.4) is 0 Å². The molecule has 30 heavy (non-hydrogen) atoms. The van der Waals surface area contributed by atoms with Crippen LogP contribution in [0.1, 0.15) is 81.6 Å². The van der Waals surface area contributed by atoms with E-state index in [4.69, 9.17) is 4.42 Å². The van der Waals surface area contributed by atoms with E-state index in [9.17, 15) is 9.59 Å². The first kappa shape index (κ1) is 22.5. The van der Waals surface area contributed by atoms with E-state index in [1.807, 2.05) is 18.2 Å². The summed E-state index contributed by atoms with van der Waals surface area (Å²) >= 11 is 1.32. The van der Waals surface area contributed by atoms with Crippen molar-refractivity contribution in [2.24, 2.45) is 5.92 Å². The Morgan fingerprint density at radius 1 is 1.23 bits per heavy atom. The molecular formula is C22H31N4O3S+. The molecule has 3 rings (SSSR count). The molecule has 1 amide bonds. The van der Waals surface area contributed by atoms with Gasteiger partial charge >= 0.3 is 11.9 Å². The van der Waals surface area contributed by atoms with Crippen LogP contribution in [0.4, 0.5) is 4.79 Å². The molecule has 0 atom stereocenters. The third-order valence-electron chi connectivity index (χ3n) is 5.19. The number of thioether (sulfide) groups is 1. The Hall–Kier alpha value is -2.22. The van der Waals surface area contributed by atoms with Crippen molar-refractivity contribution in [2.45, 2.75) is 82.2 Å². The maximum Gasteiger partial charge on any atom is 0.520 e. The number of Topliss-reactive ketones (excluding diaryl/α,β-unsaturated/α-hetero) is 1. The summed E-state index contributed by atoms with van der Waals surface area (Å²) < 4.78 is 6.86. The summed E-state index contributed by atoms with van der Waals surface area (Å²) in [4.78, 5) is 30.0. The van der Waals surface area contributed by atoms with E-state index in [2.05, 4.69) is 29.2 Å². The van der Waals surface area contributed by atoms with Crippen molar-refractivity contribution in [3.63, 3.8) is 0 Å². The summed E-state index contributed by atoms with van der Waals surface area (Å²) in [6.45, 7) is 4.13. The number of ketones is 1. The van der Waals surface area contributed by atoms with E-state index in [-0.39, 0.29) is 23.7 Å². The van der Waals surface area contributed by atoms with Gasteiger partial charge in [-0.1, -0.05) is 44.5 Å². The minimum atomic E-state index is -0.386. The topological polar surface area (TPSA) is 89.0 Å². The van der Waals surface area contributed by atoms with Gasteiger partial charge < -0.3 is 4.42 Å². The molecule has 2 aromatic heterocycles. The first-order chi connectivity index (χ1) is 14.5. The van der Waals surface area contributed by atoms with Crippen LogP contribution in [-0.2, 0) is 5.75 Å². The minimum absolute atomic E-state index is 0.00490. The number of rotatable bonds is 8. The smallest absolute Gasteiger partial charge is 0.390 e. The maximum atomic E-state index is 12.9. The third kappa shape index (κ3) is 6.65. The van der Waals surface area contributed by atoms with Gasteiger partial charge in [0, 0.05) is 18.4 Å². The van der Waals surface area contributed by atoms with Crippen LogP contribution in [0, 0.1) is 5.92 Å². The van der Waals surface area contributed by atoms with Crippen LogP contribution in [0.15, 0.2) is 34.0 Å². The van der Waals surface area contributed by atoms with E-state index in [0.717, 1.165) is 42.5 Å². The Morgan fingerprint density at radius 3 is 2.67 bits per heavy atom. The zero-order chi connectivity index (χ0) is 21.3. The number of hydrogen-bond acceptors (Lipinski definition) is 6. The van der Waals surface area contributed by atoms with Gasteiger partial charge in [-0.25, -0.2) is 5.32 Å². The quantitative estimate of drug-likeness (QED) is 0.285. The van der Waals surface area contributed by atoms with Gasteiger partial charge in [0.2, 0.25) is 5.78 Å². The van der Waals surface area contributed by atoms with Gasteiger partial charge in [0.15, 0.2) is 0 Å². The van der Waals surface area contributed by atoms with Crippen LogP contribution in [-0.4, -0.2) is 27.9 Å². The largest absolute Gasteiger partial charge is 0.520 e. The fourth-order valence-corrected chi connectivity index (χ4v) is 4.17. The number of carbonyl (C=O) groups is 2. The van der Waals surface area contributed by atoms with Crippen LogP contribution < -0.4 is 10.00 Å². The van der Waals surface area contributed by atoms with Crippen LogP contribution in [0.5, 0.6) is 0 Å². The molecule has 1 aliphatic rings. The number of nitrogens with zero attached hydrogens (tertiary/aromatic N) is 3. The average molecular weight is 432 g/mol. The lowest BCUT2D eigenvalue weighted by atomic mass is 10.1. The molecule has 2 heterocycles. The molecular weight excluding hydrogens is 400 g/mol. The van der Waals surface area contributed by atoms with Crippen molar-refractivity contribution in [1.82, 2.24) is 15.4 Å². The molecule has 0 spiro atoms. The summed E-state index contributed by atoms with van der Waals surface area (Å²) in [6, 6.07) is 5.42. The number of amides is 1. The van der Waals surface area contributed by atoms with E-state index >= 15 is 0 Å². The zero-order valence-electron chi connectivity index (χ0n) is 17.8. The Bertz CT molecular complexity index is 830. The van der Waals surface area contributed by atoms with Gasteiger partial charge in [-0.2, -0.15) is 4.79 Å². The van der Waals surface area contributed by atoms with Crippen molar-refractivity contribution in [1.29, 1.82) is 0 Å². The van der Waals surface area contributed by atoms with Gasteiger partial charge in [0.1, 0.15) is 0 Å². The van der Waals surface area contributed by atoms with Crippen LogP contribution in [0.2, 0.25) is 0 Å². The van der Waals surface area contributed by atoms with Gasteiger partial charge in [-0.15, -0.1) is 0 Å². The molecule has 0 unspecified atom stereocenters. The van der Waals surface area contributed by atoms with E-state index in [1.165, 1.54) is 24.6 Å². The summed E-state index contributed by atoms with van der Waals surface area (Å²) in [5.74, 6) is 0.746. The van der Waals surface area contributed by atoms with Crippen molar-refractivity contribution in [3.05, 3.63) is 36.0 Å². The van der Waals surface area contributed by atoms with Crippen molar-refractivity contribution < 1.29 is 18.7 Å². The lowest BCUT2D eigenvalue weighted by Gasteiger charge is -2.09. The fourth-order valence-electron chi connectivity index (χ4n) is 3.45. The first-order valence-electron chi connectivity index (χ1n) is 10.8. The predicted molar refractivity (Wildman–Crippen MR) is 114 cm³/mol. The maximum absolute atomic E-state index is 12.9. The molecule has 1 N–H and O–H groups in total. The monoisotopic (exact) mass is 431 g/mol. The summed E-state index contributed by atoms with van der Waals surface area (Å²) in [5, 5.41) is 7.66. The number of aromatic nitrogens is 3. The van der Waals surface area contributed by atoms with Crippen molar-refractivity contribution in [2.75, 3.05) is 0 Å². The second-order valence-corrected chi connectivity index (χ2v) is 9.11. The molecule has 1 saturated carbocycles. The van der Waals surface area contributed by atoms with E-state index in [1.54, 1.807) is 6.20 Å². The minimum Gasteiger partial charge on any atom is -0.390 e. The van der Waals surface area contributed by atoms with Gasteiger partial charge in [0.25, 0.3) is 5.22 Å². The van der Waals surface area contributed by atoms with Gasteiger partial charge in [-0.3, -0.25) is 9.78 Å². The highest BCUT2D eigenvalue weighted by Gasteiger charge is 2.33. The molecule has 162 valence electrons. The zero-order valence-corrected chi connectivity index (χ0v) is 18.6. The Balaban J connectivity index is 1.74. The van der Waals surface area contributed by atoms with Gasteiger partial charge in [-0.05, 0) is 59.9 Å². The number of carbonyl (C=O) groups excluding carboxylic acids is 2. The summed E-state index contributed by atoms with van der Waals surface area (Å²) in [6.07, 6.45) is 9.35. The average Bonchev–Trinajstić information content (AvgIpc) is 3.01. The highest BCUT2D eigenvalue weighted by atomic mass is 32.2. The van der Waals surface area contributed by atoms with Crippen molar-refractivity contribution in [3.8, 4) is 0 Å². The molecule has 7 nitrogen and oxygen atoms in total. The molecule has 0 saturated heterocycles. The first-order valence-corrected chi connectivity index (χ1v) is 11.8. The SMILES string of the molecule is CC(C)CCC(=O)c1oc(SCc2ccccn2)n[n+]1C(=O)NC1CCCCCC1. The van der Waals surface area contributed by atoms with Crippen molar-refractivity contribution >= 4 is 23.6 Å². The molecule has 0 bridgehead atoms. The molecule has 0 aliphatic heterocycles. The molecule has 1 fully saturated rings. The summed E-state index contributed by atoms with van der Waals surface area (Å²) in [7, 11) is 0. The fraction of sp³-hybridized carbons (Fsp3) is 0.591.